The fourth-order valence-corrected chi connectivity index (χ4v) is 2.59. The van der Waals surface area contributed by atoms with Gasteiger partial charge >= 0.3 is 6.18 Å². The lowest BCUT2D eigenvalue weighted by Crippen LogP contribution is -2.32. The fourth-order valence-electron chi connectivity index (χ4n) is 1.97. The summed E-state index contributed by atoms with van der Waals surface area (Å²) in [6.07, 6.45) is -2.73. The summed E-state index contributed by atoms with van der Waals surface area (Å²) in [5.74, 6) is 0.0856. The summed E-state index contributed by atoms with van der Waals surface area (Å²) in [7, 11) is 0. The van der Waals surface area contributed by atoms with E-state index in [1.165, 1.54) is 0 Å². The lowest BCUT2D eigenvalue weighted by Gasteiger charge is -2.28. The Morgan fingerprint density at radius 1 is 1.44 bits per heavy atom. The van der Waals surface area contributed by atoms with Crippen LogP contribution in [0.4, 0.5) is 13.2 Å². The van der Waals surface area contributed by atoms with E-state index in [-0.39, 0.29) is 5.92 Å². The van der Waals surface area contributed by atoms with Crippen molar-refractivity contribution in [2.24, 2.45) is 5.92 Å². The summed E-state index contributed by atoms with van der Waals surface area (Å²) < 4.78 is 41.0. The second-order valence-corrected chi connectivity index (χ2v) is 5.16. The Kier molecular flexibility index (Phi) is 3.88. The fraction of sp³-hybridized carbons (Fsp3) is 0.636. The first-order valence-electron chi connectivity index (χ1n) is 5.64. The van der Waals surface area contributed by atoms with Gasteiger partial charge in [-0.15, -0.1) is 0 Å². The van der Waals surface area contributed by atoms with Crippen molar-refractivity contribution in [2.75, 3.05) is 13.1 Å². The number of nitrogens with zero attached hydrogens (tertiary/aromatic N) is 3. The van der Waals surface area contributed by atoms with Crippen LogP contribution in [0.2, 0.25) is 0 Å². The number of rotatable bonds is 2. The number of piperidine rings is 1. The SMILES string of the molecule is N#CC1CCN(Cc2cc(C(F)(F)F)sn2)CC1. The molecule has 7 heteroatoms. The molecule has 18 heavy (non-hydrogen) atoms. The highest BCUT2D eigenvalue weighted by Crippen LogP contribution is 2.33. The van der Waals surface area contributed by atoms with Crippen LogP contribution in [-0.2, 0) is 12.7 Å². The van der Waals surface area contributed by atoms with E-state index in [0.717, 1.165) is 32.0 Å². The zero-order chi connectivity index (χ0) is 13.2. The van der Waals surface area contributed by atoms with Crippen LogP contribution < -0.4 is 0 Å². The van der Waals surface area contributed by atoms with Gasteiger partial charge in [0.25, 0.3) is 0 Å². The smallest absolute Gasteiger partial charge is 0.297 e. The molecular weight excluding hydrogens is 263 g/mol. The molecule has 3 nitrogen and oxygen atoms in total. The van der Waals surface area contributed by atoms with Gasteiger partial charge in [-0.05, 0) is 43.5 Å². The van der Waals surface area contributed by atoms with Crippen LogP contribution in [0.15, 0.2) is 6.07 Å². The largest absolute Gasteiger partial charge is 0.427 e. The quantitative estimate of drug-likeness (QED) is 0.833. The minimum absolute atomic E-state index is 0.0856. The van der Waals surface area contributed by atoms with Crippen LogP contribution in [0, 0.1) is 17.2 Å². The van der Waals surface area contributed by atoms with Crippen LogP contribution in [0.25, 0.3) is 0 Å². The lowest BCUT2D eigenvalue weighted by molar-refractivity contribution is -0.134. The van der Waals surface area contributed by atoms with Gasteiger partial charge in [0.05, 0.1) is 11.8 Å². The van der Waals surface area contributed by atoms with Gasteiger partial charge in [0.2, 0.25) is 0 Å². The van der Waals surface area contributed by atoms with E-state index in [2.05, 4.69) is 10.4 Å². The van der Waals surface area contributed by atoms with Crippen molar-refractivity contribution < 1.29 is 13.2 Å². The molecule has 1 aliphatic heterocycles. The molecule has 2 heterocycles. The Labute approximate surface area is 107 Å². The topological polar surface area (TPSA) is 39.9 Å². The average molecular weight is 275 g/mol. The molecule has 0 radical (unpaired) electrons. The predicted octanol–water partition coefficient (Wildman–Crippen LogP) is 2.90. The van der Waals surface area contributed by atoms with Gasteiger partial charge in [-0.2, -0.15) is 22.8 Å². The summed E-state index contributed by atoms with van der Waals surface area (Å²) in [6.45, 7) is 1.93. The predicted molar refractivity (Wildman–Crippen MR) is 60.7 cm³/mol. The van der Waals surface area contributed by atoms with Crippen molar-refractivity contribution in [3.05, 3.63) is 16.6 Å². The first kappa shape index (κ1) is 13.3. The third kappa shape index (κ3) is 3.21. The normalized spacial score (nSPS) is 18.8. The minimum Gasteiger partial charge on any atom is -0.297 e. The molecule has 0 aromatic carbocycles. The van der Waals surface area contributed by atoms with Crippen LogP contribution >= 0.6 is 11.5 Å². The Morgan fingerprint density at radius 2 is 2.11 bits per heavy atom. The third-order valence-corrected chi connectivity index (χ3v) is 3.87. The molecule has 0 N–H and O–H groups in total. The number of hydrogen-bond donors (Lipinski definition) is 0. The molecule has 0 amide bonds. The van der Waals surface area contributed by atoms with Gasteiger partial charge in [0, 0.05) is 12.5 Å². The van der Waals surface area contributed by atoms with Gasteiger partial charge in [0.1, 0.15) is 4.88 Å². The van der Waals surface area contributed by atoms with Gasteiger partial charge in [-0.1, -0.05) is 0 Å². The van der Waals surface area contributed by atoms with Crippen molar-refractivity contribution in [1.82, 2.24) is 9.27 Å². The zero-order valence-corrected chi connectivity index (χ0v) is 10.4. The number of hydrogen-bond acceptors (Lipinski definition) is 4. The lowest BCUT2D eigenvalue weighted by atomic mass is 9.98. The average Bonchev–Trinajstić information content (AvgIpc) is 2.78. The highest BCUT2D eigenvalue weighted by molar-refractivity contribution is 7.05. The molecule has 1 fully saturated rings. The van der Waals surface area contributed by atoms with Crippen molar-refractivity contribution in [1.29, 1.82) is 5.26 Å². The van der Waals surface area contributed by atoms with Crippen LogP contribution in [0.1, 0.15) is 23.4 Å². The van der Waals surface area contributed by atoms with E-state index < -0.39 is 11.1 Å². The van der Waals surface area contributed by atoms with Gasteiger partial charge in [-0.25, -0.2) is 0 Å². The highest BCUT2D eigenvalue weighted by Gasteiger charge is 2.33. The van der Waals surface area contributed by atoms with Crippen LogP contribution in [-0.4, -0.2) is 22.4 Å². The number of aromatic nitrogens is 1. The molecular formula is C11H12F3N3S. The number of nitriles is 1. The molecule has 98 valence electrons. The molecule has 0 atom stereocenters. The Balaban J connectivity index is 1.91. The summed E-state index contributed by atoms with van der Waals surface area (Å²) in [5, 5.41) is 8.76. The Morgan fingerprint density at radius 3 is 2.61 bits per heavy atom. The van der Waals surface area contributed by atoms with Crippen molar-refractivity contribution >= 4 is 11.5 Å². The maximum Gasteiger partial charge on any atom is 0.427 e. The summed E-state index contributed by atoms with van der Waals surface area (Å²) in [6, 6.07) is 3.34. The number of alkyl halides is 3. The summed E-state index contributed by atoms with van der Waals surface area (Å²) in [4.78, 5) is 1.40. The van der Waals surface area contributed by atoms with E-state index in [9.17, 15) is 13.2 Å². The second-order valence-electron chi connectivity index (χ2n) is 4.36. The minimum atomic E-state index is -4.30. The molecule has 1 aromatic rings. The molecule has 0 bridgehead atoms. The monoisotopic (exact) mass is 275 g/mol. The maximum absolute atomic E-state index is 12.4. The molecule has 0 unspecified atom stereocenters. The van der Waals surface area contributed by atoms with Gasteiger partial charge in [-0.3, -0.25) is 4.90 Å². The van der Waals surface area contributed by atoms with Gasteiger partial charge < -0.3 is 0 Å². The standard InChI is InChI=1S/C11H12F3N3S/c12-11(13,14)10-5-9(16-18-10)7-17-3-1-8(6-15)2-4-17/h5,8H,1-4,7H2. The maximum atomic E-state index is 12.4. The number of halogens is 3. The summed E-state index contributed by atoms with van der Waals surface area (Å²) in [5.41, 5.74) is 0.461. The molecule has 1 saturated heterocycles. The van der Waals surface area contributed by atoms with E-state index in [0.29, 0.717) is 23.8 Å². The van der Waals surface area contributed by atoms with Crippen molar-refractivity contribution in [3.8, 4) is 6.07 Å². The molecule has 0 aliphatic carbocycles. The van der Waals surface area contributed by atoms with Crippen LogP contribution in [0.5, 0.6) is 0 Å². The van der Waals surface area contributed by atoms with E-state index in [1.807, 2.05) is 4.90 Å². The molecule has 1 aromatic heterocycles. The van der Waals surface area contributed by atoms with Crippen molar-refractivity contribution in [2.45, 2.75) is 25.6 Å². The van der Waals surface area contributed by atoms with Crippen molar-refractivity contribution in [3.63, 3.8) is 0 Å². The third-order valence-electron chi connectivity index (χ3n) is 2.99. The van der Waals surface area contributed by atoms with E-state index in [1.54, 1.807) is 0 Å². The van der Waals surface area contributed by atoms with E-state index >= 15 is 0 Å². The molecule has 2 rings (SSSR count). The van der Waals surface area contributed by atoms with E-state index in [4.69, 9.17) is 5.26 Å². The zero-order valence-electron chi connectivity index (χ0n) is 9.57. The molecule has 0 saturated carbocycles. The number of likely N-dealkylation sites (tertiary alicyclic amines) is 1. The van der Waals surface area contributed by atoms with Gasteiger partial charge in [0.15, 0.2) is 0 Å². The molecule has 0 spiro atoms. The Bertz CT molecular complexity index is 441. The highest BCUT2D eigenvalue weighted by atomic mass is 32.1. The summed E-state index contributed by atoms with van der Waals surface area (Å²) >= 11 is 0.496. The van der Waals surface area contributed by atoms with Crippen LogP contribution in [0.3, 0.4) is 0 Å². The molecule has 1 aliphatic rings. The Hall–Kier alpha value is -1.13. The first-order chi connectivity index (χ1) is 8.49. The second kappa shape index (κ2) is 5.24. The first-order valence-corrected chi connectivity index (χ1v) is 6.41.